The van der Waals surface area contributed by atoms with E-state index in [4.69, 9.17) is 4.74 Å². The molecule has 1 unspecified atom stereocenters. The standard InChI is InChI=1S/C18H22N6O/c1-3-17-20-21-18-9-8-16(22-24(17)18)19-13-10-11-23(12-13)14-6-4-5-7-15(14)25-2/h4-9,13H,3,10-12H2,1-2H3,(H,19,22). The molecule has 2 aromatic heterocycles. The fourth-order valence-electron chi connectivity index (χ4n) is 3.33. The second-order valence-corrected chi connectivity index (χ2v) is 6.21. The van der Waals surface area contributed by atoms with Crippen LogP contribution in [0.3, 0.4) is 0 Å². The Morgan fingerprint density at radius 2 is 2.08 bits per heavy atom. The fraction of sp³-hybridized carbons (Fsp3) is 0.389. The third-order valence-electron chi connectivity index (χ3n) is 4.61. The number of aromatic nitrogens is 4. The first-order valence-corrected chi connectivity index (χ1v) is 8.64. The minimum absolute atomic E-state index is 0.344. The van der Waals surface area contributed by atoms with Crippen LogP contribution in [0.5, 0.6) is 5.75 Å². The Bertz CT molecular complexity index is 877. The Kier molecular flexibility index (Phi) is 4.13. The first-order valence-electron chi connectivity index (χ1n) is 8.64. The van der Waals surface area contributed by atoms with Crippen LogP contribution >= 0.6 is 0 Å². The monoisotopic (exact) mass is 338 g/mol. The van der Waals surface area contributed by atoms with Gasteiger partial charge in [-0.25, -0.2) is 0 Å². The summed E-state index contributed by atoms with van der Waals surface area (Å²) in [4.78, 5) is 2.35. The number of hydrogen-bond donors (Lipinski definition) is 1. The van der Waals surface area contributed by atoms with E-state index in [1.165, 1.54) is 0 Å². The van der Waals surface area contributed by atoms with Gasteiger partial charge in [-0.3, -0.25) is 0 Å². The number of nitrogens with one attached hydrogen (secondary N) is 1. The van der Waals surface area contributed by atoms with Crippen molar-refractivity contribution >= 4 is 17.2 Å². The Hall–Kier alpha value is -2.83. The predicted molar refractivity (Wildman–Crippen MR) is 97.4 cm³/mol. The maximum atomic E-state index is 5.48. The molecule has 0 saturated carbocycles. The van der Waals surface area contributed by atoms with Gasteiger partial charge in [0.05, 0.1) is 12.8 Å². The molecule has 7 heteroatoms. The minimum atomic E-state index is 0.344. The van der Waals surface area contributed by atoms with Gasteiger partial charge >= 0.3 is 0 Å². The predicted octanol–water partition coefficient (Wildman–Crippen LogP) is 2.39. The van der Waals surface area contributed by atoms with Crippen molar-refractivity contribution in [3.63, 3.8) is 0 Å². The van der Waals surface area contributed by atoms with Crippen LogP contribution in [0, 0.1) is 0 Å². The number of rotatable bonds is 5. The maximum Gasteiger partial charge on any atom is 0.178 e. The number of hydrogen-bond acceptors (Lipinski definition) is 6. The number of fused-ring (bicyclic) bond motifs is 1. The van der Waals surface area contributed by atoms with Crippen molar-refractivity contribution in [3.05, 3.63) is 42.2 Å². The van der Waals surface area contributed by atoms with E-state index in [1.54, 1.807) is 7.11 Å². The number of methoxy groups -OCH3 is 1. The van der Waals surface area contributed by atoms with Crippen LogP contribution in [0.4, 0.5) is 11.5 Å². The maximum absolute atomic E-state index is 5.48. The van der Waals surface area contributed by atoms with Gasteiger partial charge in [-0.15, -0.1) is 15.3 Å². The Labute approximate surface area is 146 Å². The molecule has 0 bridgehead atoms. The summed E-state index contributed by atoms with van der Waals surface area (Å²) in [5.74, 6) is 2.65. The molecule has 0 spiro atoms. The van der Waals surface area contributed by atoms with E-state index in [0.29, 0.717) is 6.04 Å². The van der Waals surface area contributed by atoms with Crippen LogP contribution in [-0.4, -0.2) is 46.1 Å². The lowest BCUT2D eigenvalue weighted by Gasteiger charge is -2.21. The first kappa shape index (κ1) is 15.7. The highest BCUT2D eigenvalue weighted by molar-refractivity contribution is 5.59. The summed E-state index contributed by atoms with van der Waals surface area (Å²) < 4.78 is 7.30. The van der Waals surface area contributed by atoms with Crippen molar-refractivity contribution in [3.8, 4) is 5.75 Å². The largest absolute Gasteiger partial charge is 0.495 e. The number of aryl methyl sites for hydroxylation is 1. The topological polar surface area (TPSA) is 67.6 Å². The molecule has 3 heterocycles. The highest BCUT2D eigenvalue weighted by Gasteiger charge is 2.24. The molecular weight excluding hydrogens is 316 g/mol. The van der Waals surface area contributed by atoms with Crippen LogP contribution in [0.2, 0.25) is 0 Å². The van der Waals surface area contributed by atoms with Gasteiger partial charge in [-0.05, 0) is 30.7 Å². The van der Waals surface area contributed by atoms with Gasteiger partial charge in [0.1, 0.15) is 11.6 Å². The Morgan fingerprint density at radius 3 is 2.92 bits per heavy atom. The van der Waals surface area contributed by atoms with Crippen molar-refractivity contribution in [2.75, 3.05) is 30.4 Å². The zero-order chi connectivity index (χ0) is 17.2. The summed E-state index contributed by atoms with van der Waals surface area (Å²) in [6.45, 7) is 3.97. The van der Waals surface area contributed by atoms with Crippen LogP contribution in [0.25, 0.3) is 5.65 Å². The lowest BCUT2D eigenvalue weighted by Crippen LogP contribution is -2.26. The van der Waals surface area contributed by atoms with E-state index in [2.05, 4.69) is 38.5 Å². The van der Waals surface area contributed by atoms with Gasteiger partial charge in [-0.1, -0.05) is 19.1 Å². The summed E-state index contributed by atoms with van der Waals surface area (Å²) in [7, 11) is 1.72. The summed E-state index contributed by atoms with van der Waals surface area (Å²) in [5, 5.41) is 16.5. The fourth-order valence-corrected chi connectivity index (χ4v) is 3.33. The molecule has 3 aromatic rings. The summed E-state index contributed by atoms with van der Waals surface area (Å²) in [5.41, 5.74) is 1.93. The average molecular weight is 338 g/mol. The molecule has 7 nitrogen and oxygen atoms in total. The average Bonchev–Trinajstić information content (AvgIpc) is 3.28. The Morgan fingerprint density at radius 1 is 1.20 bits per heavy atom. The lowest BCUT2D eigenvalue weighted by atomic mass is 10.2. The molecule has 0 amide bonds. The molecule has 1 aromatic carbocycles. The highest BCUT2D eigenvalue weighted by Crippen LogP contribution is 2.30. The van der Waals surface area contributed by atoms with Crippen LogP contribution in [0.15, 0.2) is 36.4 Å². The lowest BCUT2D eigenvalue weighted by molar-refractivity contribution is 0.415. The quantitative estimate of drug-likeness (QED) is 0.770. The first-order chi connectivity index (χ1) is 12.3. The zero-order valence-electron chi connectivity index (χ0n) is 14.5. The van der Waals surface area contributed by atoms with E-state index in [0.717, 1.165) is 54.7 Å². The van der Waals surface area contributed by atoms with Crippen LogP contribution in [-0.2, 0) is 6.42 Å². The van der Waals surface area contributed by atoms with E-state index in [-0.39, 0.29) is 0 Å². The van der Waals surface area contributed by atoms with Gasteiger partial charge in [0, 0.05) is 25.6 Å². The van der Waals surface area contributed by atoms with Crippen molar-refractivity contribution in [1.82, 2.24) is 19.8 Å². The van der Waals surface area contributed by atoms with E-state index >= 15 is 0 Å². The summed E-state index contributed by atoms with van der Waals surface area (Å²) in [6.07, 6.45) is 1.86. The van der Waals surface area contributed by atoms with E-state index in [1.807, 2.05) is 34.8 Å². The minimum Gasteiger partial charge on any atom is -0.495 e. The van der Waals surface area contributed by atoms with Crippen molar-refractivity contribution in [2.24, 2.45) is 0 Å². The second-order valence-electron chi connectivity index (χ2n) is 6.21. The van der Waals surface area contributed by atoms with Gasteiger partial charge in [0.2, 0.25) is 0 Å². The third kappa shape index (κ3) is 2.97. The molecule has 130 valence electrons. The number of benzene rings is 1. The van der Waals surface area contributed by atoms with Crippen LogP contribution < -0.4 is 15.0 Å². The van der Waals surface area contributed by atoms with Gasteiger partial charge in [-0.2, -0.15) is 4.52 Å². The summed E-state index contributed by atoms with van der Waals surface area (Å²) >= 11 is 0. The summed E-state index contributed by atoms with van der Waals surface area (Å²) in [6, 6.07) is 12.4. The van der Waals surface area contributed by atoms with E-state index < -0.39 is 0 Å². The molecule has 0 radical (unpaired) electrons. The second kappa shape index (κ2) is 6.58. The molecule has 25 heavy (non-hydrogen) atoms. The van der Waals surface area contributed by atoms with Crippen molar-refractivity contribution in [1.29, 1.82) is 0 Å². The highest BCUT2D eigenvalue weighted by atomic mass is 16.5. The molecular formula is C18H22N6O. The SMILES string of the molecule is CCc1nnc2ccc(NC3CCN(c4ccccc4OC)C3)nn12. The van der Waals surface area contributed by atoms with Gasteiger partial charge in [0.25, 0.3) is 0 Å². The molecule has 1 atom stereocenters. The van der Waals surface area contributed by atoms with Gasteiger partial charge < -0.3 is 15.0 Å². The molecule has 1 saturated heterocycles. The van der Waals surface area contributed by atoms with E-state index in [9.17, 15) is 0 Å². The normalized spacial score (nSPS) is 17.2. The van der Waals surface area contributed by atoms with Crippen molar-refractivity contribution < 1.29 is 4.74 Å². The number of nitrogens with zero attached hydrogens (tertiary/aromatic N) is 5. The number of para-hydroxylation sites is 2. The number of anilines is 2. The van der Waals surface area contributed by atoms with Crippen LogP contribution in [0.1, 0.15) is 19.2 Å². The Balaban J connectivity index is 1.49. The molecule has 1 fully saturated rings. The van der Waals surface area contributed by atoms with Crippen molar-refractivity contribution in [2.45, 2.75) is 25.8 Å². The third-order valence-corrected chi connectivity index (χ3v) is 4.61. The molecule has 4 rings (SSSR count). The molecule has 1 aliphatic heterocycles. The molecule has 0 aliphatic carbocycles. The van der Waals surface area contributed by atoms with Gasteiger partial charge in [0.15, 0.2) is 11.5 Å². The smallest absolute Gasteiger partial charge is 0.178 e. The molecule has 1 aliphatic rings. The molecule has 1 N–H and O–H groups in total. The zero-order valence-corrected chi connectivity index (χ0v) is 14.5. The number of ether oxygens (including phenoxy) is 1.